The van der Waals surface area contributed by atoms with E-state index >= 15 is 0 Å². The molecule has 1 saturated heterocycles. The van der Waals surface area contributed by atoms with Crippen LogP contribution >= 0.6 is 0 Å². The van der Waals surface area contributed by atoms with E-state index in [0.29, 0.717) is 0 Å². The van der Waals surface area contributed by atoms with E-state index in [9.17, 15) is 5.11 Å². The highest BCUT2D eigenvalue weighted by molar-refractivity contribution is 5.06. The Labute approximate surface area is 78.0 Å². The second-order valence-electron chi connectivity index (χ2n) is 4.15. The van der Waals surface area contributed by atoms with Crippen molar-refractivity contribution in [3.63, 3.8) is 0 Å². The first-order chi connectivity index (χ1) is 6.05. The lowest BCUT2D eigenvalue weighted by atomic mass is 9.97. The molecule has 2 rings (SSSR count). The highest BCUT2D eigenvalue weighted by Gasteiger charge is 2.36. The Morgan fingerprint density at radius 3 is 2.69 bits per heavy atom. The smallest absolute Gasteiger partial charge is 0.118 e. The first-order valence-electron chi connectivity index (χ1n) is 4.55. The molecule has 2 heterocycles. The van der Waals surface area contributed by atoms with E-state index in [1.165, 1.54) is 0 Å². The minimum atomic E-state index is -0.484. The molecule has 0 amide bonds. The van der Waals surface area contributed by atoms with Gasteiger partial charge in [0.05, 0.1) is 12.1 Å². The molecule has 72 valence electrons. The number of aryl methyl sites for hydroxylation is 1. The van der Waals surface area contributed by atoms with Gasteiger partial charge in [0.15, 0.2) is 0 Å². The Morgan fingerprint density at radius 2 is 2.23 bits per heavy atom. The summed E-state index contributed by atoms with van der Waals surface area (Å²) in [6, 6.07) is 3.95. The highest BCUT2D eigenvalue weighted by Crippen LogP contribution is 2.22. The predicted octanol–water partition coefficient (Wildman–Crippen LogP) is 1.15. The molecular weight excluding hydrogens is 166 g/mol. The summed E-state index contributed by atoms with van der Waals surface area (Å²) in [7, 11) is 0. The molecule has 1 aliphatic heterocycles. The quantitative estimate of drug-likeness (QED) is 0.743. The third-order valence-corrected chi connectivity index (χ3v) is 2.30. The van der Waals surface area contributed by atoms with Gasteiger partial charge >= 0.3 is 0 Å². The maximum Gasteiger partial charge on any atom is 0.118 e. The van der Waals surface area contributed by atoms with Gasteiger partial charge in [-0.2, -0.15) is 0 Å². The van der Waals surface area contributed by atoms with Crippen LogP contribution < -0.4 is 0 Å². The Kier molecular flexibility index (Phi) is 1.93. The van der Waals surface area contributed by atoms with Gasteiger partial charge < -0.3 is 9.52 Å². The fourth-order valence-electron chi connectivity index (χ4n) is 1.82. The summed E-state index contributed by atoms with van der Waals surface area (Å²) in [6.45, 7) is 6.09. The van der Waals surface area contributed by atoms with E-state index in [2.05, 4.69) is 4.90 Å². The number of rotatable bonds is 2. The number of nitrogens with zero attached hydrogens (tertiary/aromatic N) is 1. The maximum absolute atomic E-state index is 9.49. The number of hydrogen-bond donors (Lipinski definition) is 1. The van der Waals surface area contributed by atoms with Crippen molar-refractivity contribution >= 4 is 0 Å². The minimum absolute atomic E-state index is 0.484. The highest BCUT2D eigenvalue weighted by atomic mass is 16.3. The largest absolute Gasteiger partial charge is 0.465 e. The molecule has 1 aromatic rings. The topological polar surface area (TPSA) is 36.6 Å². The third-order valence-electron chi connectivity index (χ3n) is 2.30. The molecule has 1 aliphatic rings. The Morgan fingerprint density at radius 1 is 1.54 bits per heavy atom. The average molecular weight is 181 g/mol. The predicted molar refractivity (Wildman–Crippen MR) is 49.3 cm³/mol. The fourth-order valence-corrected chi connectivity index (χ4v) is 1.82. The Hall–Kier alpha value is -0.800. The molecule has 1 aromatic heterocycles. The van der Waals surface area contributed by atoms with Gasteiger partial charge in [-0.25, -0.2) is 0 Å². The van der Waals surface area contributed by atoms with E-state index in [4.69, 9.17) is 4.42 Å². The molecule has 3 heteroatoms. The van der Waals surface area contributed by atoms with E-state index in [1.807, 2.05) is 26.0 Å². The molecule has 0 unspecified atom stereocenters. The van der Waals surface area contributed by atoms with Gasteiger partial charge in [0.1, 0.15) is 11.5 Å². The van der Waals surface area contributed by atoms with Crippen molar-refractivity contribution in [2.75, 3.05) is 13.1 Å². The fraction of sp³-hybridized carbons (Fsp3) is 0.600. The van der Waals surface area contributed by atoms with Crippen LogP contribution in [0.1, 0.15) is 18.4 Å². The zero-order valence-electron chi connectivity index (χ0n) is 8.08. The Bertz CT molecular complexity index is 296. The summed E-state index contributed by atoms with van der Waals surface area (Å²) in [4.78, 5) is 2.16. The number of likely N-dealkylation sites (tertiary alicyclic amines) is 1. The van der Waals surface area contributed by atoms with Crippen molar-refractivity contribution in [1.29, 1.82) is 0 Å². The molecule has 0 bridgehead atoms. The van der Waals surface area contributed by atoms with Gasteiger partial charge in [0, 0.05) is 13.1 Å². The van der Waals surface area contributed by atoms with Crippen LogP contribution in [0.3, 0.4) is 0 Å². The zero-order chi connectivity index (χ0) is 9.47. The van der Waals surface area contributed by atoms with Crippen molar-refractivity contribution in [3.05, 3.63) is 23.7 Å². The molecule has 0 spiro atoms. The second kappa shape index (κ2) is 2.86. The average Bonchev–Trinajstić information content (AvgIpc) is 2.31. The summed E-state index contributed by atoms with van der Waals surface area (Å²) >= 11 is 0. The summed E-state index contributed by atoms with van der Waals surface area (Å²) < 4.78 is 5.43. The van der Waals surface area contributed by atoms with Crippen LogP contribution in [-0.2, 0) is 6.54 Å². The van der Waals surface area contributed by atoms with E-state index in [0.717, 1.165) is 31.2 Å². The molecule has 13 heavy (non-hydrogen) atoms. The van der Waals surface area contributed by atoms with Crippen molar-refractivity contribution in [2.45, 2.75) is 26.0 Å². The van der Waals surface area contributed by atoms with Crippen LogP contribution in [0.5, 0.6) is 0 Å². The van der Waals surface area contributed by atoms with E-state index in [1.54, 1.807) is 0 Å². The summed E-state index contributed by atoms with van der Waals surface area (Å²) in [5, 5.41) is 9.49. The SMILES string of the molecule is Cc1ccc(CN2CC(C)(O)C2)o1. The summed E-state index contributed by atoms with van der Waals surface area (Å²) in [5.41, 5.74) is -0.484. The second-order valence-corrected chi connectivity index (χ2v) is 4.15. The van der Waals surface area contributed by atoms with Crippen molar-refractivity contribution < 1.29 is 9.52 Å². The summed E-state index contributed by atoms with van der Waals surface area (Å²) in [5.74, 6) is 1.93. The van der Waals surface area contributed by atoms with Gasteiger partial charge in [0.2, 0.25) is 0 Å². The standard InChI is InChI=1S/C10H15NO2/c1-8-3-4-9(13-8)5-11-6-10(2,12)7-11/h3-4,12H,5-7H2,1-2H3. The van der Waals surface area contributed by atoms with Gasteiger partial charge in [-0.05, 0) is 26.0 Å². The molecule has 0 atom stereocenters. The Balaban J connectivity index is 1.87. The number of hydrogen-bond acceptors (Lipinski definition) is 3. The molecule has 1 fully saturated rings. The number of aliphatic hydroxyl groups is 1. The first kappa shape index (κ1) is 8.78. The summed E-state index contributed by atoms with van der Waals surface area (Å²) in [6.07, 6.45) is 0. The van der Waals surface area contributed by atoms with Crippen LogP contribution in [0.15, 0.2) is 16.5 Å². The molecule has 0 aliphatic carbocycles. The minimum Gasteiger partial charge on any atom is -0.465 e. The van der Waals surface area contributed by atoms with E-state index < -0.39 is 5.60 Å². The van der Waals surface area contributed by atoms with Gasteiger partial charge in [-0.1, -0.05) is 0 Å². The lowest BCUT2D eigenvalue weighted by Gasteiger charge is -2.43. The number of furan rings is 1. The number of β-amino-alcohol motifs (C(OH)–C–C–N with tert-alkyl or cyclic N) is 1. The van der Waals surface area contributed by atoms with Crippen LogP contribution in [0, 0.1) is 6.92 Å². The molecule has 0 saturated carbocycles. The lowest BCUT2D eigenvalue weighted by Crippen LogP contribution is -2.59. The third kappa shape index (κ3) is 1.92. The monoisotopic (exact) mass is 181 g/mol. The van der Waals surface area contributed by atoms with Gasteiger partial charge in [-0.15, -0.1) is 0 Å². The zero-order valence-corrected chi connectivity index (χ0v) is 8.08. The first-order valence-corrected chi connectivity index (χ1v) is 4.55. The molecule has 3 nitrogen and oxygen atoms in total. The normalized spacial score (nSPS) is 21.5. The van der Waals surface area contributed by atoms with E-state index in [-0.39, 0.29) is 0 Å². The molecular formula is C10H15NO2. The van der Waals surface area contributed by atoms with Crippen molar-refractivity contribution in [3.8, 4) is 0 Å². The van der Waals surface area contributed by atoms with Crippen LogP contribution in [0.4, 0.5) is 0 Å². The maximum atomic E-state index is 9.49. The van der Waals surface area contributed by atoms with Gasteiger partial charge in [-0.3, -0.25) is 4.90 Å². The van der Waals surface area contributed by atoms with Crippen LogP contribution in [-0.4, -0.2) is 28.7 Å². The molecule has 1 N–H and O–H groups in total. The van der Waals surface area contributed by atoms with Crippen molar-refractivity contribution in [1.82, 2.24) is 4.90 Å². The lowest BCUT2D eigenvalue weighted by molar-refractivity contribution is -0.0891. The van der Waals surface area contributed by atoms with Crippen molar-refractivity contribution in [2.24, 2.45) is 0 Å². The van der Waals surface area contributed by atoms with Gasteiger partial charge in [0.25, 0.3) is 0 Å². The molecule has 0 radical (unpaired) electrons. The van der Waals surface area contributed by atoms with Crippen LogP contribution in [0.25, 0.3) is 0 Å². The van der Waals surface area contributed by atoms with Crippen LogP contribution in [0.2, 0.25) is 0 Å². The molecule has 0 aromatic carbocycles.